The fraction of sp³-hybridized carbons (Fsp3) is 0.0769. The molecule has 0 atom stereocenters. The lowest BCUT2D eigenvalue weighted by molar-refractivity contribution is 0.666. The zero-order chi connectivity index (χ0) is 26.8. The van der Waals surface area contributed by atoms with Gasteiger partial charge in [-0.3, -0.25) is 0 Å². The molecule has 0 radical (unpaired) electrons. The van der Waals surface area contributed by atoms with Crippen LogP contribution >= 0.6 is 0 Å². The fourth-order valence-electron chi connectivity index (χ4n) is 7.02. The number of hydrogen-bond donors (Lipinski definition) is 0. The van der Waals surface area contributed by atoms with Gasteiger partial charge < -0.3 is 4.90 Å². The molecule has 7 aromatic rings. The number of rotatable bonds is 3. The Bertz CT molecular complexity index is 2080. The molecule has 1 aliphatic rings. The molecular formula is C39H29N. The average Bonchev–Trinajstić information content (AvgIpc) is 3.25. The number of benzene rings is 7. The van der Waals surface area contributed by atoms with Gasteiger partial charge in [0.2, 0.25) is 0 Å². The molecule has 1 nitrogen and oxygen atoms in total. The van der Waals surface area contributed by atoms with Crippen LogP contribution in [-0.2, 0) is 5.41 Å². The van der Waals surface area contributed by atoms with E-state index >= 15 is 0 Å². The second kappa shape index (κ2) is 8.56. The third kappa shape index (κ3) is 3.21. The molecule has 0 aromatic heterocycles. The molecule has 8 rings (SSSR count). The molecule has 0 unspecified atom stereocenters. The lowest BCUT2D eigenvalue weighted by Crippen LogP contribution is -2.17. The maximum Gasteiger partial charge on any atom is 0.0549 e. The SMILES string of the molecule is CC1(C)c2ccccc2-c2c(N(c3ccccc3)c3cc4ccccc4c4ccccc34)cc3ccccc3c21. The summed E-state index contributed by atoms with van der Waals surface area (Å²) in [5, 5.41) is 7.65. The van der Waals surface area contributed by atoms with Crippen LogP contribution in [0.1, 0.15) is 25.0 Å². The molecule has 0 amide bonds. The van der Waals surface area contributed by atoms with Gasteiger partial charge in [0.25, 0.3) is 0 Å². The minimum Gasteiger partial charge on any atom is -0.309 e. The van der Waals surface area contributed by atoms with Crippen molar-refractivity contribution < 1.29 is 0 Å². The van der Waals surface area contributed by atoms with E-state index in [1.807, 2.05) is 0 Å². The summed E-state index contributed by atoms with van der Waals surface area (Å²) in [6, 6.07) is 51.1. The molecular weight excluding hydrogens is 482 g/mol. The third-order valence-electron chi connectivity index (χ3n) is 8.77. The molecule has 0 aliphatic heterocycles. The fourth-order valence-corrected chi connectivity index (χ4v) is 7.02. The summed E-state index contributed by atoms with van der Waals surface area (Å²) in [6.45, 7) is 4.76. The van der Waals surface area contributed by atoms with Crippen molar-refractivity contribution in [3.63, 3.8) is 0 Å². The summed E-state index contributed by atoms with van der Waals surface area (Å²) >= 11 is 0. The number of fused-ring (bicyclic) bond motifs is 8. The van der Waals surface area contributed by atoms with Crippen LogP contribution in [0.3, 0.4) is 0 Å². The molecule has 0 spiro atoms. The second-order valence-corrected chi connectivity index (χ2v) is 11.4. The molecule has 0 saturated carbocycles. The van der Waals surface area contributed by atoms with Crippen LogP contribution in [0.5, 0.6) is 0 Å². The van der Waals surface area contributed by atoms with E-state index in [0.717, 1.165) is 5.69 Å². The van der Waals surface area contributed by atoms with Crippen LogP contribution in [0.2, 0.25) is 0 Å². The summed E-state index contributed by atoms with van der Waals surface area (Å²) in [7, 11) is 0. The Kier molecular flexibility index (Phi) is 4.93. The van der Waals surface area contributed by atoms with Gasteiger partial charge in [0.15, 0.2) is 0 Å². The molecule has 7 aromatic carbocycles. The first-order valence-electron chi connectivity index (χ1n) is 14.0. The summed E-state index contributed by atoms with van der Waals surface area (Å²) in [6.07, 6.45) is 0. The van der Waals surface area contributed by atoms with E-state index in [0.29, 0.717) is 0 Å². The van der Waals surface area contributed by atoms with Crippen molar-refractivity contribution in [3.05, 3.63) is 151 Å². The van der Waals surface area contributed by atoms with Gasteiger partial charge in [-0.05, 0) is 67.9 Å². The molecule has 0 fully saturated rings. The number of anilines is 3. The van der Waals surface area contributed by atoms with Crippen LogP contribution in [0, 0.1) is 0 Å². The van der Waals surface area contributed by atoms with Crippen molar-refractivity contribution in [1.29, 1.82) is 0 Å². The Morgan fingerprint density at radius 3 is 1.80 bits per heavy atom. The van der Waals surface area contributed by atoms with Crippen molar-refractivity contribution in [3.8, 4) is 11.1 Å². The quantitative estimate of drug-likeness (QED) is 0.213. The van der Waals surface area contributed by atoms with E-state index in [2.05, 4.69) is 158 Å². The van der Waals surface area contributed by atoms with E-state index in [4.69, 9.17) is 0 Å². The Morgan fingerprint density at radius 1 is 0.475 bits per heavy atom. The first-order chi connectivity index (χ1) is 19.6. The molecule has 0 saturated heterocycles. The van der Waals surface area contributed by atoms with Gasteiger partial charge in [-0.15, -0.1) is 0 Å². The highest BCUT2D eigenvalue weighted by Gasteiger charge is 2.39. The summed E-state index contributed by atoms with van der Waals surface area (Å²) in [4.78, 5) is 2.50. The predicted molar refractivity (Wildman–Crippen MR) is 171 cm³/mol. The molecule has 1 heteroatoms. The van der Waals surface area contributed by atoms with E-state index in [-0.39, 0.29) is 5.41 Å². The van der Waals surface area contributed by atoms with E-state index in [1.54, 1.807) is 0 Å². The highest BCUT2D eigenvalue weighted by Crippen LogP contribution is 2.57. The minimum atomic E-state index is -0.116. The Labute approximate surface area is 234 Å². The Hall–Kier alpha value is -4.88. The maximum atomic E-state index is 2.50. The second-order valence-electron chi connectivity index (χ2n) is 11.4. The average molecular weight is 512 g/mol. The van der Waals surface area contributed by atoms with Gasteiger partial charge >= 0.3 is 0 Å². The molecule has 40 heavy (non-hydrogen) atoms. The van der Waals surface area contributed by atoms with Crippen molar-refractivity contribution in [1.82, 2.24) is 0 Å². The molecule has 190 valence electrons. The minimum absolute atomic E-state index is 0.116. The van der Waals surface area contributed by atoms with E-state index in [9.17, 15) is 0 Å². The smallest absolute Gasteiger partial charge is 0.0549 e. The van der Waals surface area contributed by atoms with Crippen LogP contribution in [-0.4, -0.2) is 0 Å². The van der Waals surface area contributed by atoms with Crippen LogP contribution in [0.25, 0.3) is 43.4 Å². The first-order valence-corrected chi connectivity index (χ1v) is 14.0. The van der Waals surface area contributed by atoms with Gasteiger partial charge in [-0.1, -0.05) is 129 Å². The molecule has 0 bridgehead atoms. The predicted octanol–water partition coefficient (Wildman–Crippen LogP) is 10.9. The highest BCUT2D eigenvalue weighted by molar-refractivity contribution is 6.16. The van der Waals surface area contributed by atoms with Crippen LogP contribution in [0.15, 0.2) is 140 Å². The molecule has 0 N–H and O–H groups in total. The first kappa shape index (κ1) is 23.0. The van der Waals surface area contributed by atoms with E-state index < -0.39 is 0 Å². The summed E-state index contributed by atoms with van der Waals surface area (Å²) in [5.74, 6) is 0. The normalized spacial score (nSPS) is 13.4. The third-order valence-corrected chi connectivity index (χ3v) is 8.77. The van der Waals surface area contributed by atoms with Crippen molar-refractivity contribution in [2.75, 3.05) is 4.90 Å². The van der Waals surface area contributed by atoms with Gasteiger partial charge in [0.1, 0.15) is 0 Å². The maximum absolute atomic E-state index is 2.50. The van der Waals surface area contributed by atoms with Gasteiger partial charge in [-0.25, -0.2) is 0 Å². The lowest BCUT2D eigenvalue weighted by atomic mass is 9.80. The van der Waals surface area contributed by atoms with Crippen LogP contribution in [0.4, 0.5) is 17.1 Å². The monoisotopic (exact) mass is 511 g/mol. The number of nitrogens with zero attached hydrogens (tertiary/aromatic N) is 1. The molecule has 1 aliphatic carbocycles. The van der Waals surface area contributed by atoms with E-state index in [1.165, 1.54) is 65.9 Å². The zero-order valence-corrected chi connectivity index (χ0v) is 22.7. The van der Waals surface area contributed by atoms with Gasteiger partial charge in [0.05, 0.1) is 11.4 Å². The molecule has 0 heterocycles. The standard InChI is InChI=1S/C39H29N/c1-39(2)34-23-13-12-22-33(34)37-36(25-27-15-7-9-19-30(27)38(37)39)40(28-16-4-3-5-17-28)35-24-26-14-6-8-18-29(26)31-20-10-11-21-32(31)35/h3-25H,1-2H3. The lowest BCUT2D eigenvalue weighted by Gasteiger charge is -2.31. The highest BCUT2D eigenvalue weighted by atomic mass is 15.1. The van der Waals surface area contributed by atoms with Crippen molar-refractivity contribution >= 4 is 49.4 Å². The van der Waals surface area contributed by atoms with Crippen molar-refractivity contribution in [2.24, 2.45) is 0 Å². The number of para-hydroxylation sites is 1. The van der Waals surface area contributed by atoms with Gasteiger partial charge in [0, 0.05) is 22.1 Å². The zero-order valence-electron chi connectivity index (χ0n) is 22.7. The largest absolute Gasteiger partial charge is 0.309 e. The topological polar surface area (TPSA) is 3.24 Å². The van der Waals surface area contributed by atoms with Crippen molar-refractivity contribution in [2.45, 2.75) is 19.3 Å². The van der Waals surface area contributed by atoms with Gasteiger partial charge in [-0.2, -0.15) is 0 Å². The Morgan fingerprint density at radius 2 is 1.02 bits per heavy atom. The number of hydrogen-bond acceptors (Lipinski definition) is 1. The Balaban J connectivity index is 1.56. The summed E-state index contributed by atoms with van der Waals surface area (Å²) < 4.78 is 0. The summed E-state index contributed by atoms with van der Waals surface area (Å²) in [5.41, 5.74) is 8.91. The van der Waals surface area contributed by atoms with Crippen LogP contribution < -0.4 is 4.90 Å².